The van der Waals surface area contributed by atoms with Gasteiger partial charge in [0.05, 0.1) is 0 Å². The fraction of sp³-hybridized carbons (Fsp3) is 0.167. The van der Waals surface area contributed by atoms with Crippen molar-refractivity contribution in [2.45, 2.75) is 6.92 Å². The van der Waals surface area contributed by atoms with Crippen LogP contribution < -0.4 is 10.5 Å². The van der Waals surface area contributed by atoms with E-state index in [0.29, 0.717) is 0 Å². The Bertz CT molecular complexity index is 499. The molecule has 88 valence electrons. The lowest BCUT2D eigenvalue weighted by Crippen LogP contribution is -2.16. The van der Waals surface area contributed by atoms with Gasteiger partial charge in [-0.05, 0) is 19.1 Å². The number of carbonyl (C=O) groups is 1. The summed E-state index contributed by atoms with van der Waals surface area (Å²) < 4.78 is 18.1. The molecule has 0 spiro atoms. The van der Waals surface area contributed by atoms with Crippen molar-refractivity contribution in [2.75, 3.05) is 6.61 Å². The highest BCUT2D eigenvalue weighted by molar-refractivity contribution is 6.00. The number of nitrogens with two attached hydrogens (primary N) is 1. The molecule has 1 aromatic carbocycles. The third-order valence-corrected chi connectivity index (χ3v) is 1.98. The maximum Gasteiger partial charge on any atom is 0.212 e. The number of allylic oxidation sites excluding steroid dienone is 1. The third-order valence-electron chi connectivity index (χ3n) is 1.98. The van der Waals surface area contributed by atoms with Crippen LogP contribution >= 0.6 is 0 Å². The summed E-state index contributed by atoms with van der Waals surface area (Å²) in [5.74, 6) is -1.17. The van der Waals surface area contributed by atoms with Crippen LogP contribution in [0.1, 0.15) is 6.92 Å². The maximum absolute atomic E-state index is 13.1. The van der Waals surface area contributed by atoms with Gasteiger partial charge in [0.25, 0.3) is 0 Å². The molecule has 0 fully saturated rings. The number of ketones is 1. The Balaban J connectivity index is 2.71. The summed E-state index contributed by atoms with van der Waals surface area (Å²) in [4.78, 5) is 11.5. The number of hydrogen-bond donors (Lipinski definition) is 1. The first-order valence-electron chi connectivity index (χ1n) is 4.83. The van der Waals surface area contributed by atoms with Gasteiger partial charge in [0, 0.05) is 5.70 Å². The highest BCUT2D eigenvalue weighted by atomic mass is 19.1. The van der Waals surface area contributed by atoms with Gasteiger partial charge in [-0.2, -0.15) is 5.26 Å². The number of Topliss-reactive ketones (excluding diaryl/α,β-unsaturated/α-hetero) is 1. The van der Waals surface area contributed by atoms with Gasteiger partial charge in [0.2, 0.25) is 5.78 Å². The molecule has 0 aliphatic heterocycles. The van der Waals surface area contributed by atoms with Gasteiger partial charge in [0.15, 0.2) is 18.2 Å². The van der Waals surface area contributed by atoms with E-state index >= 15 is 0 Å². The molecule has 0 saturated heterocycles. The van der Waals surface area contributed by atoms with Gasteiger partial charge in [-0.15, -0.1) is 0 Å². The number of halogens is 1. The van der Waals surface area contributed by atoms with Crippen LogP contribution in [0, 0.1) is 17.1 Å². The molecular formula is C12H11FN2O2. The average Bonchev–Trinajstić information content (AvgIpc) is 2.28. The van der Waals surface area contributed by atoms with Crippen LogP contribution in [-0.4, -0.2) is 12.4 Å². The van der Waals surface area contributed by atoms with E-state index in [2.05, 4.69) is 0 Å². The molecule has 0 saturated carbocycles. The number of ether oxygens (including phenoxy) is 1. The van der Waals surface area contributed by atoms with Gasteiger partial charge in [0.1, 0.15) is 11.6 Å². The normalized spacial score (nSPS) is 11.4. The summed E-state index contributed by atoms with van der Waals surface area (Å²) in [6.45, 7) is 1.03. The second-order valence-electron chi connectivity index (χ2n) is 3.31. The van der Waals surface area contributed by atoms with E-state index in [0.717, 1.165) is 0 Å². The summed E-state index contributed by atoms with van der Waals surface area (Å²) in [6, 6.07) is 7.39. The van der Waals surface area contributed by atoms with Gasteiger partial charge in [-0.1, -0.05) is 12.1 Å². The Morgan fingerprint density at radius 3 is 2.71 bits per heavy atom. The lowest BCUT2D eigenvalue weighted by Gasteiger charge is -2.06. The number of para-hydroxylation sites is 1. The van der Waals surface area contributed by atoms with Crippen LogP contribution in [0.5, 0.6) is 5.75 Å². The number of rotatable bonds is 4. The minimum absolute atomic E-state index is 0.0344. The molecule has 4 nitrogen and oxygen atoms in total. The molecular weight excluding hydrogens is 223 g/mol. The summed E-state index contributed by atoms with van der Waals surface area (Å²) >= 11 is 0. The highest BCUT2D eigenvalue weighted by Crippen LogP contribution is 2.15. The lowest BCUT2D eigenvalue weighted by molar-refractivity contribution is -0.117. The molecule has 5 heteroatoms. The van der Waals surface area contributed by atoms with E-state index in [-0.39, 0.29) is 17.0 Å². The van der Waals surface area contributed by atoms with Crippen LogP contribution in [0.25, 0.3) is 0 Å². The van der Waals surface area contributed by atoms with Gasteiger partial charge in [-0.3, -0.25) is 4.79 Å². The molecule has 0 atom stereocenters. The molecule has 0 bridgehead atoms. The van der Waals surface area contributed by atoms with E-state index < -0.39 is 18.2 Å². The Morgan fingerprint density at radius 2 is 2.18 bits per heavy atom. The summed E-state index contributed by atoms with van der Waals surface area (Å²) in [6.07, 6.45) is 0. The number of nitriles is 1. The Labute approximate surface area is 98.1 Å². The molecule has 17 heavy (non-hydrogen) atoms. The second kappa shape index (κ2) is 5.66. The van der Waals surface area contributed by atoms with Crippen molar-refractivity contribution >= 4 is 5.78 Å². The molecule has 0 aliphatic rings. The molecule has 1 aromatic rings. The zero-order valence-corrected chi connectivity index (χ0v) is 9.24. The molecule has 0 radical (unpaired) electrons. The van der Waals surface area contributed by atoms with Crippen molar-refractivity contribution in [3.05, 3.63) is 41.4 Å². The predicted octanol–water partition coefficient (Wildman–Crippen LogP) is 1.53. The standard InChI is InChI=1S/C12H11FN2O2/c1-8(15)9(6-14)11(16)7-17-12-5-3-2-4-10(12)13/h2-5H,7,15H2,1H3/b9-8-. The Kier molecular flexibility index (Phi) is 4.23. The van der Waals surface area contributed by atoms with E-state index in [1.165, 1.54) is 25.1 Å². The third kappa shape index (κ3) is 3.31. The second-order valence-corrected chi connectivity index (χ2v) is 3.31. The van der Waals surface area contributed by atoms with Gasteiger partial charge in [-0.25, -0.2) is 4.39 Å². The minimum Gasteiger partial charge on any atom is -0.482 e. The lowest BCUT2D eigenvalue weighted by atomic mass is 10.1. The number of benzene rings is 1. The molecule has 0 unspecified atom stereocenters. The van der Waals surface area contributed by atoms with Crippen molar-refractivity contribution in [2.24, 2.45) is 5.73 Å². The van der Waals surface area contributed by atoms with Crippen LogP contribution in [0.15, 0.2) is 35.5 Å². The fourth-order valence-corrected chi connectivity index (χ4v) is 1.15. The van der Waals surface area contributed by atoms with Crippen molar-refractivity contribution in [3.8, 4) is 11.8 Å². The highest BCUT2D eigenvalue weighted by Gasteiger charge is 2.13. The summed E-state index contributed by atoms with van der Waals surface area (Å²) in [5.41, 5.74) is 5.31. The summed E-state index contributed by atoms with van der Waals surface area (Å²) in [5, 5.41) is 8.68. The van der Waals surface area contributed by atoms with Crippen molar-refractivity contribution in [1.29, 1.82) is 5.26 Å². The Hall–Kier alpha value is -2.35. The first-order chi connectivity index (χ1) is 8.06. The molecule has 2 N–H and O–H groups in total. The molecule has 0 aliphatic carbocycles. The van der Waals surface area contributed by atoms with Gasteiger partial charge < -0.3 is 10.5 Å². The molecule has 0 amide bonds. The summed E-state index contributed by atoms with van der Waals surface area (Å²) in [7, 11) is 0. The monoisotopic (exact) mass is 234 g/mol. The largest absolute Gasteiger partial charge is 0.482 e. The topological polar surface area (TPSA) is 76.1 Å². The zero-order valence-electron chi connectivity index (χ0n) is 9.24. The van der Waals surface area contributed by atoms with E-state index in [1.807, 2.05) is 0 Å². The number of carbonyl (C=O) groups excluding carboxylic acids is 1. The maximum atomic E-state index is 13.1. The fourth-order valence-electron chi connectivity index (χ4n) is 1.15. The number of hydrogen-bond acceptors (Lipinski definition) is 4. The van der Waals surface area contributed by atoms with Crippen LogP contribution in [-0.2, 0) is 4.79 Å². The predicted molar refractivity (Wildman–Crippen MR) is 59.4 cm³/mol. The molecule has 0 heterocycles. The van der Waals surface area contributed by atoms with Crippen LogP contribution in [0.4, 0.5) is 4.39 Å². The first-order valence-corrected chi connectivity index (χ1v) is 4.83. The van der Waals surface area contributed by atoms with E-state index in [9.17, 15) is 9.18 Å². The SMILES string of the molecule is C/C(N)=C(\C#N)C(=O)COc1ccccc1F. The Morgan fingerprint density at radius 1 is 1.53 bits per heavy atom. The van der Waals surface area contributed by atoms with E-state index in [4.69, 9.17) is 15.7 Å². The van der Waals surface area contributed by atoms with Crippen molar-refractivity contribution in [3.63, 3.8) is 0 Å². The van der Waals surface area contributed by atoms with Crippen LogP contribution in [0.3, 0.4) is 0 Å². The zero-order chi connectivity index (χ0) is 12.8. The van der Waals surface area contributed by atoms with E-state index in [1.54, 1.807) is 12.1 Å². The average molecular weight is 234 g/mol. The molecule has 0 aromatic heterocycles. The van der Waals surface area contributed by atoms with Crippen molar-refractivity contribution < 1.29 is 13.9 Å². The molecule has 1 rings (SSSR count). The first kappa shape index (κ1) is 12.7. The quantitative estimate of drug-likeness (QED) is 0.633. The van der Waals surface area contributed by atoms with Crippen molar-refractivity contribution in [1.82, 2.24) is 0 Å². The van der Waals surface area contributed by atoms with Gasteiger partial charge >= 0.3 is 0 Å². The smallest absolute Gasteiger partial charge is 0.212 e. The van der Waals surface area contributed by atoms with Crippen LogP contribution in [0.2, 0.25) is 0 Å². The minimum atomic E-state index is -0.573. The number of nitrogens with zero attached hydrogens (tertiary/aromatic N) is 1.